The van der Waals surface area contributed by atoms with E-state index in [-0.39, 0.29) is 10.5 Å². The molecule has 1 aliphatic heterocycles. The first-order valence-electron chi connectivity index (χ1n) is 9.82. The molecule has 2 heterocycles. The van der Waals surface area contributed by atoms with Crippen LogP contribution in [0, 0.1) is 0 Å². The summed E-state index contributed by atoms with van der Waals surface area (Å²) in [4.78, 5) is 19.0. The number of carbonyl (C=O) groups is 1. The number of fused-ring (bicyclic) bond motifs is 2. The molecule has 0 saturated carbocycles. The van der Waals surface area contributed by atoms with Crippen LogP contribution in [0.4, 0.5) is 0 Å². The van der Waals surface area contributed by atoms with Gasteiger partial charge in [0.2, 0.25) is 10.0 Å². The molecule has 0 bridgehead atoms. The molecular weight excluding hydrogens is 414 g/mol. The summed E-state index contributed by atoms with van der Waals surface area (Å²) in [6.07, 6.45) is 0.699. The topological polar surface area (TPSA) is 103 Å². The second-order valence-corrected chi connectivity index (χ2v) is 9.44. The molecule has 1 aliphatic rings. The van der Waals surface area contributed by atoms with Crippen molar-refractivity contribution >= 4 is 27.0 Å². The Hall–Kier alpha value is -3.49. The second-order valence-electron chi connectivity index (χ2n) is 7.50. The number of rotatable bonds is 4. The van der Waals surface area contributed by atoms with Crippen LogP contribution in [0.3, 0.4) is 0 Å². The molecule has 0 atom stereocenters. The maximum atomic E-state index is 13.1. The molecule has 0 spiro atoms. The highest BCUT2D eigenvalue weighted by molar-refractivity contribution is 7.89. The van der Waals surface area contributed by atoms with E-state index in [0.717, 1.165) is 11.1 Å². The summed E-state index contributed by atoms with van der Waals surface area (Å²) in [5.74, 6) is -0.457. The van der Waals surface area contributed by atoms with Crippen molar-refractivity contribution < 1.29 is 18.3 Å². The average Bonchev–Trinajstić information content (AvgIpc) is 3.22. The van der Waals surface area contributed by atoms with Gasteiger partial charge in [-0.2, -0.15) is 4.31 Å². The molecule has 8 heteroatoms. The molecule has 31 heavy (non-hydrogen) atoms. The molecule has 0 saturated heterocycles. The van der Waals surface area contributed by atoms with Crippen molar-refractivity contribution in [2.75, 3.05) is 6.54 Å². The van der Waals surface area contributed by atoms with Crippen LogP contribution in [0.25, 0.3) is 22.4 Å². The predicted molar refractivity (Wildman–Crippen MR) is 116 cm³/mol. The lowest BCUT2D eigenvalue weighted by atomic mass is 10.0. The summed E-state index contributed by atoms with van der Waals surface area (Å²) in [6.45, 7) is 0.826. The molecule has 0 unspecified atom stereocenters. The van der Waals surface area contributed by atoms with Crippen LogP contribution in [0.15, 0.2) is 71.6 Å². The third-order valence-electron chi connectivity index (χ3n) is 5.59. The number of carboxylic acid groups (broad SMARTS) is 1. The Morgan fingerprint density at radius 1 is 1.00 bits per heavy atom. The zero-order valence-electron chi connectivity index (χ0n) is 16.4. The van der Waals surface area contributed by atoms with Crippen LogP contribution in [0.1, 0.15) is 21.5 Å². The van der Waals surface area contributed by atoms with E-state index in [2.05, 4.69) is 9.97 Å². The fourth-order valence-corrected chi connectivity index (χ4v) is 5.31. The maximum Gasteiger partial charge on any atom is 0.335 e. The molecule has 0 amide bonds. The molecule has 5 rings (SSSR count). The van der Waals surface area contributed by atoms with E-state index in [4.69, 9.17) is 5.11 Å². The van der Waals surface area contributed by atoms with Gasteiger partial charge in [0.05, 0.1) is 21.5 Å². The summed E-state index contributed by atoms with van der Waals surface area (Å²) >= 11 is 0. The van der Waals surface area contributed by atoms with Crippen molar-refractivity contribution in [2.24, 2.45) is 0 Å². The molecule has 0 radical (unpaired) electrons. The van der Waals surface area contributed by atoms with Crippen LogP contribution in [-0.4, -0.2) is 40.3 Å². The summed E-state index contributed by atoms with van der Waals surface area (Å²) in [6, 6.07) is 19.2. The zero-order valence-corrected chi connectivity index (χ0v) is 17.3. The minimum absolute atomic E-state index is 0.173. The Bertz CT molecular complexity index is 1410. The van der Waals surface area contributed by atoms with Crippen LogP contribution in [-0.2, 0) is 23.0 Å². The van der Waals surface area contributed by atoms with Crippen LogP contribution in [0.5, 0.6) is 0 Å². The van der Waals surface area contributed by atoms with Gasteiger partial charge in [0.1, 0.15) is 5.82 Å². The van der Waals surface area contributed by atoms with E-state index in [1.165, 1.54) is 22.0 Å². The molecule has 4 aromatic rings. The molecule has 7 nitrogen and oxygen atoms in total. The highest BCUT2D eigenvalue weighted by atomic mass is 32.2. The van der Waals surface area contributed by atoms with Crippen LogP contribution < -0.4 is 0 Å². The number of nitrogens with one attached hydrogen (secondary N) is 1. The van der Waals surface area contributed by atoms with E-state index >= 15 is 0 Å². The van der Waals surface area contributed by atoms with Gasteiger partial charge in [-0.25, -0.2) is 18.2 Å². The first-order chi connectivity index (χ1) is 14.9. The molecular formula is C23H19N3O4S. The minimum atomic E-state index is -3.61. The third kappa shape index (κ3) is 3.49. The van der Waals surface area contributed by atoms with Gasteiger partial charge < -0.3 is 10.1 Å². The Morgan fingerprint density at radius 3 is 2.48 bits per heavy atom. The van der Waals surface area contributed by atoms with Crippen molar-refractivity contribution in [2.45, 2.75) is 17.9 Å². The van der Waals surface area contributed by atoms with E-state index in [9.17, 15) is 13.2 Å². The van der Waals surface area contributed by atoms with E-state index < -0.39 is 16.0 Å². The van der Waals surface area contributed by atoms with E-state index in [0.29, 0.717) is 36.4 Å². The lowest BCUT2D eigenvalue weighted by Crippen LogP contribution is -2.35. The Balaban J connectivity index is 1.42. The summed E-state index contributed by atoms with van der Waals surface area (Å²) in [5.41, 5.74) is 4.38. The first kappa shape index (κ1) is 19.5. The third-order valence-corrected chi connectivity index (χ3v) is 7.45. The SMILES string of the molecule is O=C(O)c1ccc2nc(-c3ccc(S(=O)(=O)N4CCc5ccccc5C4)cc3)[nH]c2c1. The van der Waals surface area contributed by atoms with Gasteiger partial charge in [-0.05, 0) is 60.0 Å². The summed E-state index contributed by atoms with van der Waals surface area (Å²) < 4.78 is 27.8. The van der Waals surface area contributed by atoms with E-state index in [1.807, 2.05) is 24.3 Å². The number of hydrogen-bond donors (Lipinski definition) is 2. The molecule has 1 aromatic heterocycles. The predicted octanol–water partition coefficient (Wildman–Crippen LogP) is 3.68. The van der Waals surface area contributed by atoms with Gasteiger partial charge in [0.15, 0.2) is 0 Å². The number of sulfonamides is 1. The van der Waals surface area contributed by atoms with Crippen LogP contribution >= 0.6 is 0 Å². The maximum absolute atomic E-state index is 13.1. The molecule has 2 N–H and O–H groups in total. The Kier molecular flexibility index (Phi) is 4.60. The number of benzene rings is 3. The average molecular weight is 433 g/mol. The molecule has 0 fully saturated rings. The van der Waals surface area contributed by atoms with Gasteiger partial charge >= 0.3 is 5.97 Å². The van der Waals surface area contributed by atoms with Gasteiger partial charge in [0, 0.05) is 18.7 Å². The summed E-state index contributed by atoms with van der Waals surface area (Å²) in [7, 11) is -3.61. The molecule has 0 aliphatic carbocycles. The van der Waals surface area contributed by atoms with Gasteiger partial charge in [-0.1, -0.05) is 24.3 Å². The number of carboxylic acids is 1. The van der Waals surface area contributed by atoms with E-state index in [1.54, 1.807) is 30.3 Å². The zero-order chi connectivity index (χ0) is 21.6. The summed E-state index contributed by atoms with van der Waals surface area (Å²) in [5, 5.41) is 9.14. The molecule has 156 valence electrons. The number of imidazole rings is 1. The highest BCUT2D eigenvalue weighted by Crippen LogP contribution is 2.27. The number of aromatic nitrogens is 2. The standard InChI is InChI=1S/C23H19N3O4S/c27-23(28)17-7-10-20-21(13-17)25-22(24-20)16-5-8-19(9-6-16)31(29,30)26-12-11-15-3-1-2-4-18(15)14-26/h1-10,13H,11-12,14H2,(H,24,25)(H,27,28). The van der Waals surface area contributed by atoms with Crippen LogP contribution in [0.2, 0.25) is 0 Å². The smallest absolute Gasteiger partial charge is 0.335 e. The lowest BCUT2D eigenvalue weighted by Gasteiger charge is -2.28. The van der Waals surface area contributed by atoms with Gasteiger partial charge in [0.25, 0.3) is 0 Å². The van der Waals surface area contributed by atoms with Crippen molar-refractivity contribution in [3.63, 3.8) is 0 Å². The van der Waals surface area contributed by atoms with Crippen molar-refractivity contribution in [1.29, 1.82) is 0 Å². The lowest BCUT2D eigenvalue weighted by molar-refractivity contribution is 0.0697. The van der Waals surface area contributed by atoms with Crippen molar-refractivity contribution in [1.82, 2.24) is 14.3 Å². The quantitative estimate of drug-likeness (QED) is 0.511. The number of aromatic amines is 1. The monoisotopic (exact) mass is 433 g/mol. The fourth-order valence-electron chi connectivity index (χ4n) is 3.89. The fraction of sp³-hybridized carbons (Fsp3) is 0.130. The minimum Gasteiger partial charge on any atom is -0.478 e. The number of H-pyrrole nitrogens is 1. The number of nitrogens with zero attached hydrogens (tertiary/aromatic N) is 2. The van der Waals surface area contributed by atoms with Crippen molar-refractivity contribution in [3.05, 3.63) is 83.4 Å². The number of hydrogen-bond acceptors (Lipinski definition) is 4. The normalized spacial score (nSPS) is 14.5. The first-order valence-corrected chi connectivity index (χ1v) is 11.3. The highest BCUT2D eigenvalue weighted by Gasteiger charge is 2.28. The Labute approximate surface area is 179 Å². The van der Waals surface area contributed by atoms with Crippen molar-refractivity contribution in [3.8, 4) is 11.4 Å². The van der Waals surface area contributed by atoms with Gasteiger partial charge in [-0.3, -0.25) is 0 Å². The number of aromatic carboxylic acids is 1. The molecule has 3 aromatic carbocycles. The Morgan fingerprint density at radius 2 is 1.74 bits per heavy atom. The van der Waals surface area contributed by atoms with Gasteiger partial charge in [-0.15, -0.1) is 0 Å². The largest absolute Gasteiger partial charge is 0.478 e. The second kappa shape index (κ2) is 7.33.